The minimum Gasteiger partial charge on any atom is -0.337 e. The van der Waals surface area contributed by atoms with Crippen LogP contribution in [0.3, 0.4) is 0 Å². The average molecular weight is 373 g/mol. The molecule has 0 N–H and O–H groups in total. The van der Waals surface area contributed by atoms with Gasteiger partial charge in [0.1, 0.15) is 6.54 Å². The van der Waals surface area contributed by atoms with Gasteiger partial charge < -0.3 is 4.52 Å². The van der Waals surface area contributed by atoms with E-state index in [1.807, 2.05) is 17.5 Å². The van der Waals surface area contributed by atoms with Crippen molar-refractivity contribution in [1.29, 1.82) is 0 Å². The third kappa shape index (κ3) is 3.14. The maximum Gasteiger partial charge on any atom is 0.337 e. The number of hydrogen-bond acceptors (Lipinski definition) is 7. The van der Waals surface area contributed by atoms with E-state index in [0.29, 0.717) is 5.82 Å². The van der Waals surface area contributed by atoms with Gasteiger partial charge in [-0.15, -0.1) is 24.5 Å². The molecule has 3 aromatic heterocycles. The van der Waals surface area contributed by atoms with Crippen molar-refractivity contribution in [2.24, 2.45) is 0 Å². The zero-order valence-electron chi connectivity index (χ0n) is 13.7. The molecular weight excluding hydrogens is 358 g/mol. The molecule has 0 aliphatic carbocycles. The predicted molar refractivity (Wildman–Crippen MR) is 96.3 cm³/mol. The number of allylic oxidation sites excluding steroid dienone is 2. The molecule has 0 saturated heterocycles. The van der Waals surface area contributed by atoms with E-state index >= 15 is 0 Å². The Morgan fingerprint density at radius 2 is 1.65 bits per heavy atom. The van der Waals surface area contributed by atoms with Crippen molar-refractivity contribution < 1.29 is 4.52 Å². The van der Waals surface area contributed by atoms with Gasteiger partial charge in [-0.1, -0.05) is 23.4 Å². The molecule has 0 bridgehead atoms. The third-order valence-electron chi connectivity index (χ3n) is 3.51. The fourth-order valence-corrected chi connectivity index (χ4v) is 3.00. The fraction of sp³-hybridized carbons (Fsp3) is 0.188. The molecule has 0 atom stereocenters. The third-order valence-corrected chi connectivity index (χ3v) is 4.38. The summed E-state index contributed by atoms with van der Waals surface area (Å²) in [7, 11) is 0. The summed E-state index contributed by atoms with van der Waals surface area (Å²) >= 11 is 1.44. The molecule has 26 heavy (non-hydrogen) atoms. The summed E-state index contributed by atoms with van der Waals surface area (Å²) in [6, 6.07) is 3.67. The van der Waals surface area contributed by atoms with E-state index < -0.39 is 17.1 Å². The second-order valence-corrected chi connectivity index (χ2v) is 6.17. The van der Waals surface area contributed by atoms with Crippen LogP contribution in [-0.2, 0) is 19.6 Å². The van der Waals surface area contributed by atoms with Crippen molar-refractivity contribution in [3.8, 4) is 10.7 Å². The molecule has 0 radical (unpaired) electrons. The van der Waals surface area contributed by atoms with E-state index in [0.717, 1.165) is 18.6 Å². The van der Waals surface area contributed by atoms with Gasteiger partial charge in [0.15, 0.2) is 0 Å². The van der Waals surface area contributed by atoms with Gasteiger partial charge in [0.2, 0.25) is 11.7 Å². The molecule has 0 aliphatic rings. The van der Waals surface area contributed by atoms with Crippen molar-refractivity contribution in [3.05, 3.63) is 80.2 Å². The average Bonchev–Trinajstić information content (AvgIpc) is 3.30. The highest BCUT2D eigenvalue weighted by atomic mass is 32.1. The van der Waals surface area contributed by atoms with E-state index in [1.54, 1.807) is 0 Å². The molecule has 0 spiro atoms. The molecule has 0 amide bonds. The molecule has 10 heteroatoms. The van der Waals surface area contributed by atoms with Gasteiger partial charge in [-0.2, -0.15) is 4.98 Å². The predicted octanol–water partition coefficient (Wildman–Crippen LogP) is 0.703. The fourth-order valence-electron chi connectivity index (χ4n) is 2.35. The number of rotatable bonds is 7. The van der Waals surface area contributed by atoms with Crippen LogP contribution in [0.15, 0.2) is 61.7 Å². The summed E-state index contributed by atoms with van der Waals surface area (Å²) in [6.45, 7) is 6.75. The largest absolute Gasteiger partial charge is 0.337 e. The molecule has 0 aromatic carbocycles. The maximum atomic E-state index is 12.5. The Hall–Kier alpha value is -3.27. The first kappa shape index (κ1) is 17.5. The second-order valence-electron chi connectivity index (χ2n) is 5.22. The van der Waals surface area contributed by atoms with Crippen LogP contribution in [0.5, 0.6) is 0 Å². The van der Waals surface area contributed by atoms with Gasteiger partial charge in [0, 0.05) is 0 Å². The Morgan fingerprint density at radius 1 is 1.04 bits per heavy atom. The standard InChI is InChI=1S/C16H15N5O4S/c1-3-7-19-14(22)20(8-4-2)16(24)21(15(19)23)10-12-17-13(18-25-12)11-6-5-9-26-11/h3-6,9H,1-2,7-8,10H2. The monoisotopic (exact) mass is 373 g/mol. The van der Waals surface area contributed by atoms with Crippen LogP contribution in [0, 0.1) is 0 Å². The summed E-state index contributed by atoms with van der Waals surface area (Å²) in [5.74, 6) is 0.454. The minimum absolute atomic E-state index is 0.0284. The Morgan fingerprint density at radius 3 is 2.19 bits per heavy atom. The number of hydrogen-bond donors (Lipinski definition) is 0. The molecule has 3 heterocycles. The topological polar surface area (TPSA) is 105 Å². The first-order valence-electron chi connectivity index (χ1n) is 7.59. The first-order valence-corrected chi connectivity index (χ1v) is 8.47. The lowest BCUT2D eigenvalue weighted by Gasteiger charge is -2.10. The van der Waals surface area contributed by atoms with Crippen LogP contribution < -0.4 is 17.1 Å². The smallest absolute Gasteiger partial charge is 0.337 e. The molecule has 3 rings (SSSR count). The van der Waals surface area contributed by atoms with Gasteiger partial charge in [0.05, 0.1) is 18.0 Å². The minimum atomic E-state index is -0.768. The maximum absolute atomic E-state index is 12.5. The van der Waals surface area contributed by atoms with E-state index in [4.69, 9.17) is 4.52 Å². The normalized spacial score (nSPS) is 10.8. The quantitative estimate of drug-likeness (QED) is 0.565. The van der Waals surface area contributed by atoms with Gasteiger partial charge >= 0.3 is 17.1 Å². The lowest BCUT2D eigenvalue weighted by atomic mass is 10.4. The van der Waals surface area contributed by atoms with Gasteiger partial charge in [-0.25, -0.2) is 28.1 Å². The van der Waals surface area contributed by atoms with E-state index in [9.17, 15) is 14.4 Å². The Kier molecular flexibility index (Phi) is 4.94. The lowest BCUT2D eigenvalue weighted by Crippen LogP contribution is -2.54. The highest BCUT2D eigenvalue weighted by Gasteiger charge is 2.17. The molecule has 134 valence electrons. The highest BCUT2D eigenvalue weighted by Crippen LogP contribution is 2.21. The van der Waals surface area contributed by atoms with Crippen LogP contribution >= 0.6 is 11.3 Å². The zero-order chi connectivity index (χ0) is 18.7. The van der Waals surface area contributed by atoms with Gasteiger partial charge in [0.25, 0.3) is 0 Å². The van der Waals surface area contributed by atoms with Gasteiger partial charge in [-0.05, 0) is 11.4 Å². The zero-order valence-corrected chi connectivity index (χ0v) is 14.5. The number of aromatic nitrogens is 5. The van der Waals surface area contributed by atoms with Crippen molar-refractivity contribution >= 4 is 11.3 Å². The van der Waals surface area contributed by atoms with Crippen LogP contribution in [0.4, 0.5) is 0 Å². The summed E-state index contributed by atoms with van der Waals surface area (Å²) < 4.78 is 7.84. The molecule has 0 aliphatic heterocycles. The summed E-state index contributed by atoms with van der Waals surface area (Å²) in [4.78, 5) is 42.4. The van der Waals surface area contributed by atoms with Crippen molar-refractivity contribution in [1.82, 2.24) is 23.8 Å². The highest BCUT2D eigenvalue weighted by molar-refractivity contribution is 7.13. The molecule has 9 nitrogen and oxygen atoms in total. The summed E-state index contributed by atoms with van der Waals surface area (Å²) in [5, 5.41) is 5.72. The SMILES string of the molecule is C=CCn1c(=O)n(CC=C)c(=O)n(Cc2nc(-c3cccs3)no2)c1=O. The number of thiophene rings is 1. The summed E-state index contributed by atoms with van der Waals surface area (Å²) in [5.41, 5.74) is -2.26. The van der Waals surface area contributed by atoms with Crippen molar-refractivity contribution in [3.63, 3.8) is 0 Å². The number of nitrogens with zero attached hydrogens (tertiary/aromatic N) is 5. The summed E-state index contributed by atoms with van der Waals surface area (Å²) in [6.07, 6.45) is 2.80. The second kappa shape index (κ2) is 7.31. The van der Waals surface area contributed by atoms with Gasteiger partial charge in [-0.3, -0.25) is 0 Å². The van der Waals surface area contributed by atoms with E-state index in [2.05, 4.69) is 23.3 Å². The first-order chi connectivity index (χ1) is 12.6. The molecule has 0 fully saturated rings. The molecule has 0 saturated carbocycles. The Labute approximate surface area is 150 Å². The van der Waals surface area contributed by atoms with E-state index in [-0.39, 0.29) is 25.5 Å². The Balaban J connectivity index is 2.08. The van der Waals surface area contributed by atoms with Crippen molar-refractivity contribution in [2.75, 3.05) is 0 Å². The molecular formula is C16H15N5O4S. The van der Waals surface area contributed by atoms with E-state index in [1.165, 1.54) is 23.5 Å². The van der Waals surface area contributed by atoms with Crippen LogP contribution in [-0.4, -0.2) is 23.8 Å². The molecule has 3 aromatic rings. The Bertz CT molecular complexity index is 1070. The lowest BCUT2D eigenvalue weighted by molar-refractivity contribution is 0.360. The van der Waals surface area contributed by atoms with Crippen LogP contribution in [0.25, 0.3) is 10.7 Å². The molecule has 0 unspecified atom stereocenters. The van der Waals surface area contributed by atoms with Crippen LogP contribution in [0.2, 0.25) is 0 Å². The van der Waals surface area contributed by atoms with Crippen molar-refractivity contribution in [2.45, 2.75) is 19.6 Å². The van der Waals surface area contributed by atoms with Crippen LogP contribution in [0.1, 0.15) is 5.89 Å².